The van der Waals surface area contributed by atoms with E-state index in [4.69, 9.17) is 10.00 Å². The van der Waals surface area contributed by atoms with Crippen LogP contribution in [0.3, 0.4) is 0 Å². The summed E-state index contributed by atoms with van der Waals surface area (Å²) in [5.41, 5.74) is 0.977. The third-order valence-electron chi connectivity index (χ3n) is 3.28. The Balaban J connectivity index is 1.79. The summed E-state index contributed by atoms with van der Waals surface area (Å²) in [6, 6.07) is 11.3. The number of amides is 1. The molecule has 124 valence electrons. The van der Waals surface area contributed by atoms with Crippen LogP contribution in [0.4, 0.5) is 5.82 Å². The summed E-state index contributed by atoms with van der Waals surface area (Å²) in [6.45, 7) is 0.418. The standard InChI is InChI=1S/C18H20N4O2/c19-11-2-4-14-24-16-9-6-13-21-18(16)22-17(23)10-5-8-15-7-1-3-12-20-15/h1,3,6-7,9,12-13H,2,4-5,8,10,14H2,(H,21,22,23). The van der Waals surface area contributed by atoms with E-state index in [2.05, 4.69) is 21.4 Å². The van der Waals surface area contributed by atoms with Crippen LogP contribution in [0.25, 0.3) is 0 Å². The first-order valence-corrected chi connectivity index (χ1v) is 7.94. The van der Waals surface area contributed by atoms with Gasteiger partial charge in [-0.05, 0) is 43.5 Å². The number of hydrogen-bond acceptors (Lipinski definition) is 5. The van der Waals surface area contributed by atoms with Crippen molar-refractivity contribution in [3.05, 3.63) is 48.4 Å². The van der Waals surface area contributed by atoms with Gasteiger partial charge in [-0.2, -0.15) is 5.26 Å². The summed E-state index contributed by atoms with van der Waals surface area (Å²) in [7, 11) is 0. The Morgan fingerprint density at radius 3 is 2.83 bits per heavy atom. The van der Waals surface area contributed by atoms with Crippen molar-refractivity contribution >= 4 is 11.7 Å². The fourth-order valence-electron chi connectivity index (χ4n) is 2.10. The van der Waals surface area contributed by atoms with Gasteiger partial charge in [0.25, 0.3) is 0 Å². The highest BCUT2D eigenvalue weighted by Crippen LogP contribution is 2.21. The van der Waals surface area contributed by atoms with E-state index < -0.39 is 0 Å². The van der Waals surface area contributed by atoms with Crippen molar-refractivity contribution in [1.82, 2.24) is 9.97 Å². The van der Waals surface area contributed by atoms with Gasteiger partial charge in [-0.25, -0.2) is 4.98 Å². The van der Waals surface area contributed by atoms with Crippen LogP contribution in [0, 0.1) is 11.3 Å². The molecule has 0 atom stereocenters. The van der Waals surface area contributed by atoms with Gasteiger partial charge >= 0.3 is 0 Å². The molecule has 0 fully saturated rings. The van der Waals surface area contributed by atoms with Gasteiger partial charge in [0.15, 0.2) is 11.6 Å². The van der Waals surface area contributed by atoms with Crippen LogP contribution in [-0.2, 0) is 11.2 Å². The molecule has 0 aliphatic rings. The van der Waals surface area contributed by atoms with Gasteiger partial charge in [0.1, 0.15) is 0 Å². The number of aryl methyl sites for hydroxylation is 1. The molecule has 6 heteroatoms. The molecule has 2 aromatic heterocycles. The van der Waals surface area contributed by atoms with Crippen molar-refractivity contribution in [1.29, 1.82) is 5.26 Å². The average molecular weight is 324 g/mol. The van der Waals surface area contributed by atoms with E-state index in [1.807, 2.05) is 18.2 Å². The zero-order chi connectivity index (χ0) is 17.0. The molecule has 1 N–H and O–H groups in total. The van der Waals surface area contributed by atoms with E-state index in [-0.39, 0.29) is 5.91 Å². The number of rotatable bonds is 9. The van der Waals surface area contributed by atoms with E-state index in [0.29, 0.717) is 43.9 Å². The Morgan fingerprint density at radius 1 is 1.17 bits per heavy atom. The topological polar surface area (TPSA) is 87.9 Å². The fraction of sp³-hybridized carbons (Fsp3) is 0.333. The van der Waals surface area contributed by atoms with E-state index in [0.717, 1.165) is 12.1 Å². The second kappa shape index (κ2) is 9.95. The molecule has 0 radical (unpaired) electrons. The van der Waals surface area contributed by atoms with Gasteiger partial charge < -0.3 is 10.1 Å². The molecule has 0 saturated heterocycles. The average Bonchev–Trinajstić information content (AvgIpc) is 2.61. The van der Waals surface area contributed by atoms with Crippen LogP contribution in [0.5, 0.6) is 5.75 Å². The summed E-state index contributed by atoms with van der Waals surface area (Å²) in [5.74, 6) is 0.831. The molecule has 24 heavy (non-hydrogen) atoms. The molecule has 2 heterocycles. The van der Waals surface area contributed by atoms with Crippen molar-refractivity contribution in [2.45, 2.75) is 32.1 Å². The largest absolute Gasteiger partial charge is 0.490 e. The molecule has 0 aliphatic carbocycles. The highest BCUT2D eigenvalue weighted by Gasteiger charge is 2.09. The SMILES string of the molecule is N#CCCCOc1cccnc1NC(=O)CCCc1ccccn1. The molecule has 2 rings (SSSR count). The maximum absolute atomic E-state index is 12.1. The van der Waals surface area contributed by atoms with E-state index in [1.165, 1.54) is 0 Å². The summed E-state index contributed by atoms with van der Waals surface area (Å²) in [5, 5.41) is 11.3. The van der Waals surface area contributed by atoms with Crippen LogP contribution in [-0.4, -0.2) is 22.5 Å². The molecular weight excluding hydrogens is 304 g/mol. The Morgan fingerprint density at radius 2 is 2.04 bits per heavy atom. The lowest BCUT2D eigenvalue weighted by Gasteiger charge is -2.10. The second-order valence-electron chi connectivity index (χ2n) is 5.18. The van der Waals surface area contributed by atoms with E-state index >= 15 is 0 Å². The van der Waals surface area contributed by atoms with Gasteiger partial charge in [0.2, 0.25) is 5.91 Å². The molecule has 0 aliphatic heterocycles. The van der Waals surface area contributed by atoms with Crippen LogP contribution in [0.1, 0.15) is 31.4 Å². The quantitative estimate of drug-likeness (QED) is 0.716. The van der Waals surface area contributed by atoms with Gasteiger partial charge in [-0.15, -0.1) is 0 Å². The van der Waals surface area contributed by atoms with Crippen molar-refractivity contribution in [2.24, 2.45) is 0 Å². The van der Waals surface area contributed by atoms with Crippen LogP contribution in [0.2, 0.25) is 0 Å². The number of nitrogens with one attached hydrogen (secondary N) is 1. The number of aromatic nitrogens is 2. The van der Waals surface area contributed by atoms with Crippen LogP contribution < -0.4 is 10.1 Å². The molecule has 0 saturated carbocycles. The maximum atomic E-state index is 12.1. The molecule has 0 aromatic carbocycles. The fourth-order valence-corrected chi connectivity index (χ4v) is 2.10. The number of carbonyl (C=O) groups is 1. The molecule has 6 nitrogen and oxygen atoms in total. The van der Waals surface area contributed by atoms with Crippen molar-refractivity contribution in [2.75, 3.05) is 11.9 Å². The Kier molecular flexibility index (Phi) is 7.22. The van der Waals surface area contributed by atoms with Crippen molar-refractivity contribution in [3.8, 4) is 11.8 Å². The maximum Gasteiger partial charge on any atom is 0.225 e. The van der Waals surface area contributed by atoms with E-state index in [1.54, 1.807) is 24.5 Å². The number of anilines is 1. The van der Waals surface area contributed by atoms with Crippen molar-refractivity contribution in [3.63, 3.8) is 0 Å². The zero-order valence-corrected chi connectivity index (χ0v) is 13.4. The minimum atomic E-state index is -0.105. The van der Waals surface area contributed by atoms with Crippen LogP contribution >= 0.6 is 0 Å². The number of unbranched alkanes of at least 4 members (excludes halogenated alkanes) is 1. The zero-order valence-electron chi connectivity index (χ0n) is 13.4. The number of hydrogen-bond donors (Lipinski definition) is 1. The highest BCUT2D eigenvalue weighted by molar-refractivity contribution is 5.91. The number of pyridine rings is 2. The number of nitrogens with zero attached hydrogens (tertiary/aromatic N) is 3. The van der Waals surface area contributed by atoms with Gasteiger partial charge in [0, 0.05) is 30.9 Å². The van der Waals surface area contributed by atoms with E-state index in [9.17, 15) is 4.79 Å². The predicted molar refractivity (Wildman–Crippen MR) is 90.4 cm³/mol. The lowest BCUT2D eigenvalue weighted by molar-refractivity contribution is -0.116. The molecule has 0 spiro atoms. The Bertz CT molecular complexity index is 683. The lowest BCUT2D eigenvalue weighted by atomic mass is 10.1. The predicted octanol–water partition coefficient (Wildman–Crippen LogP) is 3.12. The first kappa shape index (κ1) is 17.4. The monoisotopic (exact) mass is 324 g/mol. The normalized spacial score (nSPS) is 9.96. The first-order chi connectivity index (χ1) is 11.8. The minimum Gasteiger partial charge on any atom is -0.490 e. The minimum absolute atomic E-state index is 0.105. The number of carbonyl (C=O) groups excluding carboxylic acids is 1. The summed E-state index contributed by atoms with van der Waals surface area (Å²) >= 11 is 0. The van der Waals surface area contributed by atoms with Crippen LogP contribution in [0.15, 0.2) is 42.7 Å². The van der Waals surface area contributed by atoms with Gasteiger partial charge in [-0.1, -0.05) is 6.07 Å². The number of nitriles is 1. The molecule has 0 bridgehead atoms. The summed E-state index contributed by atoms with van der Waals surface area (Å²) < 4.78 is 5.58. The van der Waals surface area contributed by atoms with Crippen molar-refractivity contribution < 1.29 is 9.53 Å². The lowest BCUT2D eigenvalue weighted by Crippen LogP contribution is -2.14. The molecule has 2 aromatic rings. The van der Waals surface area contributed by atoms with Gasteiger partial charge in [0.05, 0.1) is 12.7 Å². The molecule has 0 unspecified atom stereocenters. The Labute approximate surface area is 141 Å². The Hall–Kier alpha value is -2.94. The smallest absolute Gasteiger partial charge is 0.225 e. The third-order valence-corrected chi connectivity index (χ3v) is 3.28. The third kappa shape index (κ3) is 6.05. The highest BCUT2D eigenvalue weighted by atomic mass is 16.5. The van der Waals surface area contributed by atoms with Gasteiger partial charge in [-0.3, -0.25) is 9.78 Å². The first-order valence-electron chi connectivity index (χ1n) is 7.94. The molecular formula is C18H20N4O2. The molecule has 1 amide bonds. The summed E-state index contributed by atoms with van der Waals surface area (Å²) in [4.78, 5) is 20.4. The number of ether oxygens (including phenoxy) is 1. The summed E-state index contributed by atoms with van der Waals surface area (Å²) in [6.07, 6.45) is 6.30. The second-order valence-corrected chi connectivity index (χ2v) is 5.18.